The first-order valence-corrected chi connectivity index (χ1v) is 9.78. The fourth-order valence-electron chi connectivity index (χ4n) is 2.47. The lowest BCUT2D eigenvalue weighted by Crippen LogP contribution is -2.45. The number of rotatable bonds is 4. The third-order valence-electron chi connectivity index (χ3n) is 3.64. The van der Waals surface area contributed by atoms with Crippen molar-refractivity contribution in [3.05, 3.63) is 46.8 Å². The van der Waals surface area contributed by atoms with Gasteiger partial charge in [-0.05, 0) is 67.0 Å². The van der Waals surface area contributed by atoms with E-state index in [0.717, 1.165) is 11.1 Å². The van der Waals surface area contributed by atoms with Crippen molar-refractivity contribution in [3.8, 4) is 0 Å². The highest BCUT2D eigenvalue weighted by atomic mass is 16.6. The Labute approximate surface area is 179 Å². The van der Waals surface area contributed by atoms with E-state index >= 15 is 0 Å². The minimum absolute atomic E-state index is 0.155. The minimum atomic E-state index is -0.983. The van der Waals surface area contributed by atoms with Crippen molar-refractivity contribution < 1.29 is 23.9 Å². The molecule has 0 saturated heterocycles. The van der Waals surface area contributed by atoms with Crippen LogP contribution < -0.4 is 0 Å². The van der Waals surface area contributed by atoms with E-state index < -0.39 is 29.2 Å². The first-order valence-electron chi connectivity index (χ1n) is 9.78. The molecule has 2 amide bonds. The molecule has 166 valence electrons. The zero-order valence-electron chi connectivity index (χ0n) is 19.7. The number of ketones is 1. The molecule has 0 heterocycles. The molecule has 1 rings (SSSR count). The maximum atomic E-state index is 13.5. The molecular formula is C23H34N2O5. The third-order valence-corrected chi connectivity index (χ3v) is 3.64. The van der Waals surface area contributed by atoms with Crippen molar-refractivity contribution in [1.29, 1.82) is 0 Å². The second-order valence-corrected chi connectivity index (χ2v) is 9.42. The van der Waals surface area contributed by atoms with Crippen LogP contribution in [0.25, 0.3) is 0 Å². The zero-order chi connectivity index (χ0) is 23.4. The molecule has 0 radical (unpaired) electrons. The lowest BCUT2D eigenvalue weighted by Gasteiger charge is -2.30. The van der Waals surface area contributed by atoms with Gasteiger partial charge in [0.15, 0.2) is 0 Å². The second-order valence-electron chi connectivity index (χ2n) is 9.42. The Morgan fingerprint density at radius 3 is 1.73 bits per heavy atom. The predicted molar refractivity (Wildman–Crippen MR) is 116 cm³/mol. The number of aryl methyl sites for hydroxylation is 2. The van der Waals surface area contributed by atoms with Crippen molar-refractivity contribution in [2.24, 2.45) is 0 Å². The minimum Gasteiger partial charge on any atom is -0.443 e. The Kier molecular flexibility index (Phi) is 7.83. The van der Waals surface area contributed by atoms with Crippen molar-refractivity contribution in [1.82, 2.24) is 9.80 Å². The van der Waals surface area contributed by atoms with Gasteiger partial charge >= 0.3 is 12.2 Å². The molecule has 7 heteroatoms. The summed E-state index contributed by atoms with van der Waals surface area (Å²) < 4.78 is 10.8. The van der Waals surface area contributed by atoms with E-state index in [-0.39, 0.29) is 5.70 Å². The SMILES string of the molecule is Cc1ccc(C)c(C(=O)C(=CN(C)C)N(C(=O)OC(C)(C)C)C(=O)OC(C)(C)C)c1. The molecule has 0 aliphatic rings. The molecule has 0 spiro atoms. The molecular weight excluding hydrogens is 384 g/mol. The van der Waals surface area contributed by atoms with Gasteiger partial charge in [0, 0.05) is 25.9 Å². The fourth-order valence-corrected chi connectivity index (χ4v) is 2.47. The second kappa shape index (κ2) is 9.32. The quantitative estimate of drug-likeness (QED) is 0.502. The molecule has 30 heavy (non-hydrogen) atoms. The van der Waals surface area contributed by atoms with Gasteiger partial charge < -0.3 is 14.4 Å². The Hall–Kier alpha value is -2.83. The Bertz CT molecular complexity index is 814. The van der Waals surface area contributed by atoms with Gasteiger partial charge in [0.1, 0.15) is 16.9 Å². The lowest BCUT2D eigenvalue weighted by atomic mass is 10.00. The molecule has 1 aromatic carbocycles. The van der Waals surface area contributed by atoms with E-state index in [1.165, 1.54) is 6.20 Å². The monoisotopic (exact) mass is 418 g/mol. The first-order chi connectivity index (χ1) is 13.5. The number of imide groups is 1. The van der Waals surface area contributed by atoms with E-state index in [4.69, 9.17) is 9.47 Å². The number of carbonyl (C=O) groups excluding carboxylic acids is 3. The molecule has 0 fully saturated rings. The standard InChI is InChI=1S/C23H34N2O5/c1-15-11-12-16(2)17(13-15)19(26)18(14-24(9)10)25(20(27)29-22(3,4)5)21(28)30-23(6,7)8/h11-14H,1-10H3. The van der Waals surface area contributed by atoms with Crippen LogP contribution in [0.1, 0.15) is 63.0 Å². The normalized spacial score (nSPS) is 12.3. The smallest absolute Gasteiger partial charge is 0.424 e. The summed E-state index contributed by atoms with van der Waals surface area (Å²) in [7, 11) is 3.39. The molecule has 0 aromatic heterocycles. The van der Waals surface area contributed by atoms with Crippen LogP contribution in [0.4, 0.5) is 9.59 Å². The number of carbonyl (C=O) groups is 3. The van der Waals surface area contributed by atoms with Gasteiger partial charge in [-0.15, -0.1) is 0 Å². The molecule has 0 aliphatic heterocycles. The predicted octanol–water partition coefficient (Wildman–Crippen LogP) is 5.06. The van der Waals surface area contributed by atoms with Gasteiger partial charge in [0.2, 0.25) is 5.78 Å². The highest BCUT2D eigenvalue weighted by Gasteiger charge is 2.37. The lowest BCUT2D eigenvalue weighted by molar-refractivity contribution is 0.00752. The maximum Gasteiger partial charge on any atom is 0.424 e. The summed E-state index contributed by atoms with van der Waals surface area (Å²) in [6, 6.07) is 5.44. The summed E-state index contributed by atoms with van der Waals surface area (Å²) in [4.78, 5) is 41.7. The molecule has 0 saturated carbocycles. The summed E-state index contributed by atoms with van der Waals surface area (Å²) in [6.45, 7) is 13.7. The number of amides is 2. The van der Waals surface area contributed by atoms with Crippen LogP contribution in [0.3, 0.4) is 0 Å². The number of benzene rings is 1. The summed E-state index contributed by atoms with van der Waals surface area (Å²) in [6.07, 6.45) is -0.551. The van der Waals surface area contributed by atoms with Crippen LogP contribution in [0.15, 0.2) is 30.1 Å². The van der Waals surface area contributed by atoms with E-state index in [1.54, 1.807) is 73.5 Å². The van der Waals surface area contributed by atoms with Crippen LogP contribution in [-0.4, -0.2) is 53.1 Å². The number of hydrogen-bond acceptors (Lipinski definition) is 6. The van der Waals surface area contributed by atoms with Crippen molar-refractivity contribution >= 4 is 18.0 Å². The average molecular weight is 419 g/mol. The van der Waals surface area contributed by atoms with E-state index in [2.05, 4.69) is 0 Å². The van der Waals surface area contributed by atoms with E-state index in [9.17, 15) is 14.4 Å². The molecule has 7 nitrogen and oxygen atoms in total. The van der Waals surface area contributed by atoms with Gasteiger partial charge in [-0.3, -0.25) is 4.79 Å². The molecule has 0 bridgehead atoms. The molecule has 0 aliphatic carbocycles. The first kappa shape index (κ1) is 25.2. The maximum absolute atomic E-state index is 13.5. The van der Waals surface area contributed by atoms with Crippen molar-refractivity contribution in [2.45, 2.75) is 66.6 Å². The van der Waals surface area contributed by atoms with E-state index in [0.29, 0.717) is 10.5 Å². The fraction of sp³-hybridized carbons (Fsp3) is 0.522. The molecule has 0 unspecified atom stereocenters. The van der Waals surface area contributed by atoms with Crippen LogP contribution >= 0.6 is 0 Å². The largest absolute Gasteiger partial charge is 0.443 e. The highest BCUT2D eigenvalue weighted by molar-refractivity contribution is 6.13. The Morgan fingerprint density at radius 1 is 0.867 bits per heavy atom. The van der Waals surface area contributed by atoms with Gasteiger partial charge in [0.25, 0.3) is 0 Å². The number of allylic oxidation sites excluding steroid dienone is 1. The summed E-state index contributed by atoms with van der Waals surface area (Å²) in [5.74, 6) is -0.485. The van der Waals surface area contributed by atoms with Crippen LogP contribution in [-0.2, 0) is 9.47 Å². The molecule has 0 atom stereocenters. The Morgan fingerprint density at radius 2 is 1.33 bits per heavy atom. The molecule has 1 aromatic rings. The van der Waals surface area contributed by atoms with Crippen LogP contribution in [0, 0.1) is 13.8 Å². The van der Waals surface area contributed by atoms with Gasteiger partial charge in [-0.25, -0.2) is 9.59 Å². The van der Waals surface area contributed by atoms with Gasteiger partial charge in [-0.2, -0.15) is 4.90 Å². The Balaban J connectivity index is 3.61. The topological polar surface area (TPSA) is 76.2 Å². The third kappa shape index (κ3) is 7.54. The van der Waals surface area contributed by atoms with Gasteiger partial charge in [-0.1, -0.05) is 17.7 Å². The summed E-state index contributed by atoms with van der Waals surface area (Å²) in [5, 5.41) is 0. The summed E-state index contributed by atoms with van der Waals surface area (Å²) >= 11 is 0. The van der Waals surface area contributed by atoms with Crippen molar-refractivity contribution in [2.75, 3.05) is 14.1 Å². The number of hydrogen-bond donors (Lipinski definition) is 0. The van der Waals surface area contributed by atoms with Crippen LogP contribution in [0.2, 0.25) is 0 Å². The molecule has 0 N–H and O–H groups in total. The van der Waals surface area contributed by atoms with Crippen LogP contribution in [0.5, 0.6) is 0 Å². The highest BCUT2D eigenvalue weighted by Crippen LogP contribution is 2.23. The number of Topliss-reactive ketones (excluding diaryl/α,β-unsaturated/α-hetero) is 1. The van der Waals surface area contributed by atoms with Crippen molar-refractivity contribution in [3.63, 3.8) is 0 Å². The number of ether oxygens (including phenoxy) is 2. The number of nitrogens with zero attached hydrogens (tertiary/aromatic N) is 2. The van der Waals surface area contributed by atoms with E-state index in [1.807, 2.05) is 19.1 Å². The van der Waals surface area contributed by atoms with Gasteiger partial charge in [0.05, 0.1) is 0 Å². The average Bonchev–Trinajstić information content (AvgIpc) is 2.52. The summed E-state index contributed by atoms with van der Waals surface area (Å²) in [5.41, 5.74) is 0.0985. The zero-order valence-corrected chi connectivity index (χ0v) is 19.7.